The molecule has 2 N–H and O–H groups in total. The third-order valence-electron chi connectivity index (χ3n) is 4.68. The van der Waals surface area contributed by atoms with Crippen molar-refractivity contribution in [1.29, 1.82) is 0 Å². The quantitative estimate of drug-likeness (QED) is 0.473. The van der Waals surface area contributed by atoms with Gasteiger partial charge in [0.2, 0.25) is 5.91 Å². The minimum absolute atomic E-state index is 0.0169. The van der Waals surface area contributed by atoms with Crippen molar-refractivity contribution in [2.75, 3.05) is 26.8 Å². The van der Waals surface area contributed by atoms with E-state index in [-0.39, 0.29) is 35.2 Å². The summed E-state index contributed by atoms with van der Waals surface area (Å²) in [5.41, 5.74) is 0.428. The van der Waals surface area contributed by atoms with Gasteiger partial charge >= 0.3 is 11.9 Å². The summed E-state index contributed by atoms with van der Waals surface area (Å²) in [6, 6.07) is 5.10. The Bertz CT molecular complexity index is 857. The van der Waals surface area contributed by atoms with Gasteiger partial charge in [0.15, 0.2) is 5.11 Å². The Labute approximate surface area is 186 Å². The van der Waals surface area contributed by atoms with Gasteiger partial charge in [0.25, 0.3) is 5.91 Å². The van der Waals surface area contributed by atoms with E-state index >= 15 is 0 Å². The maximum absolute atomic E-state index is 12.6. The molecule has 0 aliphatic carbocycles. The molecule has 0 bridgehead atoms. The van der Waals surface area contributed by atoms with Crippen LogP contribution in [0.4, 0.5) is 0 Å². The standard InChI is InChI=1S/C21H27N3O6S/c1-13(2)7-10-30-17(25)12-16-19(27)22-8-9-24(16)21(31)23-18(26)14-5-4-6-15(11-14)20(28)29-3/h4-6,11,13,16H,7-10,12H2,1-3H3,(H,22,27)(H,23,26,31). The van der Waals surface area contributed by atoms with Crippen molar-refractivity contribution >= 4 is 41.1 Å². The Morgan fingerprint density at radius 1 is 1.29 bits per heavy atom. The molecular weight excluding hydrogens is 422 g/mol. The lowest BCUT2D eigenvalue weighted by Gasteiger charge is -2.36. The average molecular weight is 450 g/mol. The third kappa shape index (κ3) is 7.02. The number of rotatable bonds is 7. The van der Waals surface area contributed by atoms with Gasteiger partial charge < -0.3 is 19.7 Å². The van der Waals surface area contributed by atoms with E-state index in [0.717, 1.165) is 6.42 Å². The van der Waals surface area contributed by atoms with Crippen molar-refractivity contribution in [3.63, 3.8) is 0 Å². The highest BCUT2D eigenvalue weighted by Gasteiger charge is 2.34. The van der Waals surface area contributed by atoms with Gasteiger partial charge in [-0.3, -0.25) is 19.7 Å². The molecule has 0 radical (unpaired) electrons. The smallest absolute Gasteiger partial charge is 0.337 e. The maximum Gasteiger partial charge on any atom is 0.337 e. The first-order valence-electron chi connectivity index (χ1n) is 9.96. The van der Waals surface area contributed by atoms with Crippen LogP contribution < -0.4 is 10.6 Å². The van der Waals surface area contributed by atoms with E-state index in [0.29, 0.717) is 19.0 Å². The highest BCUT2D eigenvalue weighted by Crippen LogP contribution is 2.12. The van der Waals surface area contributed by atoms with Gasteiger partial charge in [0, 0.05) is 18.7 Å². The zero-order chi connectivity index (χ0) is 23.0. The monoisotopic (exact) mass is 449 g/mol. The van der Waals surface area contributed by atoms with Gasteiger partial charge in [0.05, 0.1) is 25.7 Å². The van der Waals surface area contributed by atoms with E-state index in [2.05, 4.69) is 15.4 Å². The van der Waals surface area contributed by atoms with Crippen molar-refractivity contribution in [3.8, 4) is 0 Å². The van der Waals surface area contributed by atoms with E-state index in [1.165, 1.54) is 30.2 Å². The minimum Gasteiger partial charge on any atom is -0.466 e. The number of esters is 2. The van der Waals surface area contributed by atoms with Crippen LogP contribution >= 0.6 is 12.2 Å². The lowest BCUT2D eigenvalue weighted by molar-refractivity contribution is -0.147. The first-order valence-corrected chi connectivity index (χ1v) is 10.4. The van der Waals surface area contributed by atoms with E-state index in [4.69, 9.17) is 17.0 Å². The molecule has 1 fully saturated rings. The molecule has 10 heteroatoms. The van der Waals surface area contributed by atoms with E-state index < -0.39 is 23.9 Å². The van der Waals surface area contributed by atoms with Gasteiger partial charge in [-0.2, -0.15) is 0 Å². The molecule has 0 saturated carbocycles. The van der Waals surface area contributed by atoms with Gasteiger partial charge in [-0.05, 0) is 42.8 Å². The highest BCUT2D eigenvalue weighted by molar-refractivity contribution is 7.80. The Kier molecular flexibility index (Phi) is 8.92. The lowest BCUT2D eigenvalue weighted by atomic mass is 10.1. The second-order valence-corrected chi connectivity index (χ2v) is 7.83. The van der Waals surface area contributed by atoms with Crippen LogP contribution in [-0.2, 0) is 19.1 Å². The zero-order valence-electron chi connectivity index (χ0n) is 17.8. The summed E-state index contributed by atoms with van der Waals surface area (Å²) in [6.45, 7) is 4.98. The molecule has 1 unspecified atom stereocenters. The van der Waals surface area contributed by atoms with Crippen LogP contribution in [0, 0.1) is 5.92 Å². The minimum atomic E-state index is -0.880. The Morgan fingerprint density at radius 2 is 2.00 bits per heavy atom. The summed E-state index contributed by atoms with van der Waals surface area (Å²) in [4.78, 5) is 50.3. The molecule has 31 heavy (non-hydrogen) atoms. The maximum atomic E-state index is 12.6. The van der Waals surface area contributed by atoms with Crippen LogP contribution in [0.15, 0.2) is 24.3 Å². The van der Waals surface area contributed by atoms with Crippen LogP contribution in [0.3, 0.4) is 0 Å². The Hall–Kier alpha value is -3.01. The number of hydrogen-bond donors (Lipinski definition) is 2. The van der Waals surface area contributed by atoms with E-state index in [1.807, 2.05) is 13.8 Å². The molecule has 0 spiro atoms. The summed E-state index contributed by atoms with van der Waals surface area (Å²) < 4.78 is 9.87. The fourth-order valence-corrected chi connectivity index (χ4v) is 3.24. The number of ether oxygens (including phenoxy) is 2. The van der Waals surface area contributed by atoms with E-state index in [1.54, 1.807) is 6.07 Å². The number of piperazine rings is 1. The predicted molar refractivity (Wildman–Crippen MR) is 116 cm³/mol. The SMILES string of the molecule is COC(=O)c1cccc(C(=O)NC(=S)N2CCNC(=O)C2CC(=O)OCCC(C)C)c1. The zero-order valence-corrected chi connectivity index (χ0v) is 18.6. The number of thiocarbonyl (C=S) groups is 1. The first kappa shape index (κ1) is 24.3. The Balaban J connectivity index is 2.04. The third-order valence-corrected chi connectivity index (χ3v) is 5.01. The lowest BCUT2D eigenvalue weighted by Crippen LogP contribution is -2.60. The second-order valence-electron chi connectivity index (χ2n) is 7.44. The molecule has 1 aromatic rings. The van der Waals surface area contributed by atoms with Gasteiger partial charge in [-0.25, -0.2) is 4.79 Å². The first-order chi connectivity index (χ1) is 14.7. The predicted octanol–water partition coefficient (Wildman–Crippen LogP) is 1.27. The summed E-state index contributed by atoms with van der Waals surface area (Å²) in [7, 11) is 1.25. The van der Waals surface area contributed by atoms with Gasteiger partial charge in [0.1, 0.15) is 6.04 Å². The number of carbonyl (C=O) groups is 4. The average Bonchev–Trinajstić information content (AvgIpc) is 2.74. The topological polar surface area (TPSA) is 114 Å². The fraction of sp³-hybridized carbons (Fsp3) is 0.476. The van der Waals surface area contributed by atoms with Gasteiger partial charge in [-0.15, -0.1) is 0 Å². The van der Waals surface area contributed by atoms with Gasteiger partial charge in [-0.1, -0.05) is 19.9 Å². The number of methoxy groups -OCH3 is 1. The molecule has 9 nitrogen and oxygen atoms in total. The summed E-state index contributed by atoms with van der Waals surface area (Å²) in [5, 5.41) is 5.28. The highest BCUT2D eigenvalue weighted by atomic mass is 32.1. The molecule has 0 aromatic heterocycles. The molecule has 2 rings (SSSR count). The molecule has 1 saturated heterocycles. The van der Waals surface area contributed by atoms with E-state index in [9.17, 15) is 19.2 Å². The summed E-state index contributed by atoms with van der Waals surface area (Å²) in [5.74, 6) is -1.59. The largest absolute Gasteiger partial charge is 0.466 e. The molecule has 1 atom stereocenters. The van der Waals surface area contributed by atoms with Crippen molar-refractivity contribution in [2.24, 2.45) is 5.92 Å². The number of hydrogen-bond acceptors (Lipinski definition) is 7. The van der Waals surface area contributed by atoms with Crippen LogP contribution in [0.1, 0.15) is 47.4 Å². The normalized spacial score (nSPS) is 15.8. The number of nitrogens with one attached hydrogen (secondary N) is 2. The molecule has 168 valence electrons. The second kappa shape index (κ2) is 11.4. The van der Waals surface area contributed by atoms with Crippen LogP contribution in [0.5, 0.6) is 0 Å². The summed E-state index contributed by atoms with van der Waals surface area (Å²) in [6.07, 6.45) is 0.545. The van der Waals surface area contributed by atoms with Crippen LogP contribution in [0.25, 0.3) is 0 Å². The fourth-order valence-electron chi connectivity index (χ4n) is 2.93. The number of amides is 2. The molecule has 1 heterocycles. The molecule has 1 aromatic carbocycles. The molecular formula is C21H27N3O6S. The van der Waals surface area contributed by atoms with Crippen molar-refractivity contribution < 1.29 is 28.7 Å². The molecule has 1 aliphatic rings. The number of benzene rings is 1. The molecule has 2 amide bonds. The van der Waals surface area contributed by atoms with Crippen molar-refractivity contribution in [3.05, 3.63) is 35.4 Å². The molecule has 1 aliphatic heterocycles. The van der Waals surface area contributed by atoms with Crippen molar-refractivity contribution in [2.45, 2.75) is 32.7 Å². The Morgan fingerprint density at radius 3 is 2.68 bits per heavy atom. The number of nitrogens with zero attached hydrogens (tertiary/aromatic N) is 1. The van der Waals surface area contributed by atoms with Crippen LogP contribution in [-0.4, -0.2) is 66.6 Å². The van der Waals surface area contributed by atoms with Crippen molar-refractivity contribution in [1.82, 2.24) is 15.5 Å². The van der Waals surface area contributed by atoms with Crippen LogP contribution in [0.2, 0.25) is 0 Å². The number of carbonyl (C=O) groups excluding carboxylic acids is 4. The summed E-state index contributed by atoms with van der Waals surface area (Å²) >= 11 is 5.33.